The van der Waals surface area contributed by atoms with Crippen molar-refractivity contribution >= 4 is 6.03 Å². The molecule has 17 heavy (non-hydrogen) atoms. The van der Waals surface area contributed by atoms with Crippen molar-refractivity contribution in [3.05, 3.63) is 0 Å². The fraction of sp³-hybridized carbons (Fsp3) is 0.917. The summed E-state index contributed by atoms with van der Waals surface area (Å²) >= 11 is 0. The third-order valence-electron chi connectivity index (χ3n) is 3.89. The summed E-state index contributed by atoms with van der Waals surface area (Å²) in [6.45, 7) is 4.89. The molecule has 2 rings (SSSR count). The summed E-state index contributed by atoms with van der Waals surface area (Å²) in [5.41, 5.74) is -0.178. The minimum Gasteiger partial charge on any atom is -0.381 e. The monoisotopic (exact) mass is 242 g/mol. The van der Waals surface area contributed by atoms with E-state index in [1.54, 1.807) is 4.90 Å². The largest absolute Gasteiger partial charge is 0.381 e. The molecule has 2 saturated heterocycles. The van der Waals surface area contributed by atoms with Gasteiger partial charge in [-0.2, -0.15) is 0 Å². The summed E-state index contributed by atoms with van der Waals surface area (Å²) in [4.78, 5) is 13.6. The van der Waals surface area contributed by atoms with Crippen LogP contribution in [0.15, 0.2) is 0 Å². The quantitative estimate of drug-likeness (QED) is 0.785. The molecule has 5 heteroatoms. The first-order valence-corrected chi connectivity index (χ1v) is 6.41. The summed E-state index contributed by atoms with van der Waals surface area (Å²) in [5, 5.41) is 3.10. The second kappa shape index (κ2) is 5.23. The molecule has 0 aromatic heterocycles. The Labute approximate surface area is 102 Å². The third kappa shape index (κ3) is 2.55. The summed E-state index contributed by atoms with van der Waals surface area (Å²) in [5.74, 6) is 0. The third-order valence-corrected chi connectivity index (χ3v) is 3.89. The van der Waals surface area contributed by atoms with E-state index in [0.717, 1.165) is 45.6 Å². The Morgan fingerprint density at radius 3 is 2.76 bits per heavy atom. The van der Waals surface area contributed by atoms with Crippen LogP contribution in [0.25, 0.3) is 0 Å². The number of ether oxygens (including phenoxy) is 2. The highest BCUT2D eigenvalue weighted by Gasteiger charge is 2.46. The van der Waals surface area contributed by atoms with Crippen LogP contribution in [0.1, 0.15) is 26.2 Å². The molecule has 0 saturated carbocycles. The van der Waals surface area contributed by atoms with Gasteiger partial charge in [-0.05, 0) is 13.3 Å². The van der Waals surface area contributed by atoms with Crippen molar-refractivity contribution in [1.82, 2.24) is 10.2 Å². The predicted molar refractivity (Wildman–Crippen MR) is 64.0 cm³/mol. The van der Waals surface area contributed by atoms with Crippen LogP contribution < -0.4 is 5.32 Å². The van der Waals surface area contributed by atoms with E-state index >= 15 is 0 Å². The van der Waals surface area contributed by atoms with Gasteiger partial charge < -0.3 is 19.7 Å². The topological polar surface area (TPSA) is 50.8 Å². The number of carbonyl (C=O) groups excluding carboxylic acids is 1. The van der Waals surface area contributed by atoms with Gasteiger partial charge in [-0.3, -0.25) is 0 Å². The van der Waals surface area contributed by atoms with Crippen molar-refractivity contribution in [3.63, 3.8) is 0 Å². The lowest BCUT2D eigenvalue weighted by Crippen LogP contribution is -2.54. The lowest BCUT2D eigenvalue weighted by atomic mass is 9.86. The molecule has 2 fully saturated rings. The normalized spacial score (nSPS) is 27.1. The molecule has 0 aromatic rings. The van der Waals surface area contributed by atoms with Gasteiger partial charge in [0.05, 0.1) is 11.6 Å². The SMILES string of the molecule is CCN(C)C(=O)NC1CCOC12CCOCC2. The molecular weight excluding hydrogens is 220 g/mol. The number of amides is 2. The minimum atomic E-state index is -0.178. The second-order valence-corrected chi connectivity index (χ2v) is 4.83. The summed E-state index contributed by atoms with van der Waals surface area (Å²) in [7, 11) is 1.81. The molecule has 1 N–H and O–H groups in total. The first-order valence-electron chi connectivity index (χ1n) is 6.41. The number of urea groups is 1. The van der Waals surface area contributed by atoms with Crippen LogP contribution in [0.4, 0.5) is 4.79 Å². The summed E-state index contributed by atoms with van der Waals surface area (Å²) < 4.78 is 11.3. The second-order valence-electron chi connectivity index (χ2n) is 4.83. The van der Waals surface area contributed by atoms with Crippen LogP contribution in [0.2, 0.25) is 0 Å². The lowest BCUT2D eigenvalue weighted by Gasteiger charge is -2.38. The van der Waals surface area contributed by atoms with E-state index in [1.165, 1.54) is 0 Å². The maximum atomic E-state index is 11.9. The highest BCUT2D eigenvalue weighted by molar-refractivity contribution is 5.74. The Morgan fingerprint density at radius 1 is 1.41 bits per heavy atom. The zero-order valence-corrected chi connectivity index (χ0v) is 10.7. The average molecular weight is 242 g/mol. The molecule has 1 unspecified atom stereocenters. The van der Waals surface area contributed by atoms with Gasteiger partial charge in [-0.25, -0.2) is 4.79 Å². The molecule has 2 heterocycles. The van der Waals surface area contributed by atoms with Crippen LogP contribution in [0.5, 0.6) is 0 Å². The molecular formula is C12H22N2O3. The van der Waals surface area contributed by atoms with E-state index in [9.17, 15) is 4.79 Å². The Balaban J connectivity index is 1.97. The Hall–Kier alpha value is -0.810. The fourth-order valence-corrected chi connectivity index (χ4v) is 2.56. The molecule has 2 aliphatic rings. The zero-order chi connectivity index (χ0) is 12.3. The van der Waals surface area contributed by atoms with Crippen molar-refractivity contribution in [2.45, 2.75) is 37.8 Å². The lowest BCUT2D eigenvalue weighted by molar-refractivity contribution is -0.0872. The maximum Gasteiger partial charge on any atom is 0.317 e. The number of carbonyl (C=O) groups is 1. The van der Waals surface area contributed by atoms with Crippen LogP contribution >= 0.6 is 0 Å². The zero-order valence-electron chi connectivity index (χ0n) is 10.7. The van der Waals surface area contributed by atoms with Crippen molar-refractivity contribution in [2.24, 2.45) is 0 Å². The predicted octanol–water partition coefficient (Wildman–Crippen LogP) is 0.986. The molecule has 1 spiro atoms. The Kier molecular flexibility index (Phi) is 3.89. The average Bonchev–Trinajstić information content (AvgIpc) is 2.72. The molecule has 1 atom stereocenters. The van der Waals surface area contributed by atoms with Crippen LogP contribution in [-0.4, -0.2) is 56.0 Å². The van der Waals surface area contributed by atoms with Crippen molar-refractivity contribution < 1.29 is 14.3 Å². The number of hydrogen-bond donors (Lipinski definition) is 1. The smallest absolute Gasteiger partial charge is 0.317 e. The highest BCUT2D eigenvalue weighted by Crippen LogP contribution is 2.35. The molecule has 5 nitrogen and oxygen atoms in total. The van der Waals surface area contributed by atoms with Gasteiger partial charge in [0.15, 0.2) is 0 Å². The fourth-order valence-electron chi connectivity index (χ4n) is 2.56. The van der Waals surface area contributed by atoms with E-state index in [0.29, 0.717) is 0 Å². The molecule has 0 bridgehead atoms. The van der Waals surface area contributed by atoms with Crippen molar-refractivity contribution in [1.29, 1.82) is 0 Å². The van der Waals surface area contributed by atoms with Gasteiger partial charge >= 0.3 is 6.03 Å². The van der Waals surface area contributed by atoms with E-state index < -0.39 is 0 Å². The van der Waals surface area contributed by atoms with Gasteiger partial charge in [0.1, 0.15) is 0 Å². The molecule has 2 amide bonds. The Bertz CT molecular complexity index is 277. The molecule has 0 radical (unpaired) electrons. The van der Waals surface area contributed by atoms with Crippen molar-refractivity contribution in [2.75, 3.05) is 33.4 Å². The number of nitrogens with zero attached hydrogens (tertiary/aromatic N) is 1. The number of nitrogens with one attached hydrogen (secondary N) is 1. The number of rotatable bonds is 2. The van der Waals surface area contributed by atoms with Crippen LogP contribution in [0.3, 0.4) is 0 Å². The first kappa shape index (κ1) is 12.6. The van der Waals surface area contributed by atoms with Crippen LogP contribution in [-0.2, 0) is 9.47 Å². The van der Waals surface area contributed by atoms with E-state index in [4.69, 9.17) is 9.47 Å². The summed E-state index contributed by atoms with van der Waals surface area (Å²) in [6.07, 6.45) is 2.67. The minimum absolute atomic E-state index is 0.00568. The standard InChI is InChI=1S/C12H22N2O3/c1-3-14(2)11(15)13-10-4-7-17-12(10)5-8-16-9-6-12/h10H,3-9H2,1-2H3,(H,13,15). The van der Waals surface area contributed by atoms with Gasteiger partial charge in [0.2, 0.25) is 0 Å². The van der Waals surface area contributed by atoms with Gasteiger partial charge in [0, 0.05) is 46.3 Å². The first-order chi connectivity index (χ1) is 8.18. The van der Waals surface area contributed by atoms with Crippen molar-refractivity contribution in [3.8, 4) is 0 Å². The van der Waals surface area contributed by atoms with Gasteiger partial charge in [-0.15, -0.1) is 0 Å². The molecule has 2 aliphatic heterocycles. The molecule has 98 valence electrons. The van der Waals surface area contributed by atoms with Crippen LogP contribution in [0, 0.1) is 0 Å². The van der Waals surface area contributed by atoms with Gasteiger partial charge in [-0.1, -0.05) is 0 Å². The molecule has 0 aromatic carbocycles. The van der Waals surface area contributed by atoms with E-state index in [-0.39, 0.29) is 17.7 Å². The molecule has 0 aliphatic carbocycles. The maximum absolute atomic E-state index is 11.9. The van der Waals surface area contributed by atoms with E-state index in [1.807, 2.05) is 14.0 Å². The number of hydrogen-bond acceptors (Lipinski definition) is 3. The summed E-state index contributed by atoms with van der Waals surface area (Å²) in [6, 6.07) is 0.127. The van der Waals surface area contributed by atoms with Gasteiger partial charge in [0.25, 0.3) is 0 Å². The highest BCUT2D eigenvalue weighted by atomic mass is 16.5. The van der Waals surface area contributed by atoms with E-state index in [2.05, 4.69) is 5.32 Å². The Morgan fingerprint density at radius 2 is 2.12 bits per heavy atom.